The molecule has 1 aliphatic rings. The molecule has 16 heavy (non-hydrogen) atoms. The fourth-order valence-electron chi connectivity index (χ4n) is 2.40. The van der Waals surface area contributed by atoms with Crippen molar-refractivity contribution in [3.63, 3.8) is 0 Å². The lowest BCUT2D eigenvalue weighted by molar-refractivity contribution is 0.271. The van der Waals surface area contributed by atoms with E-state index >= 15 is 0 Å². The summed E-state index contributed by atoms with van der Waals surface area (Å²) in [5, 5.41) is 1.15. The van der Waals surface area contributed by atoms with Crippen molar-refractivity contribution in [1.82, 2.24) is 9.88 Å². The van der Waals surface area contributed by atoms with Gasteiger partial charge in [0.15, 0.2) is 0 Å². The second kappa shape index (κ2) is 5.69. The smallest absolute Gasteiger partial charge is 0.0959 e. The Morgan fingerprint density at radius 3 is 2.94 bits per heavy atom. The van der Waals surface area contributed by atoms with E-state index in [2.05, 4.69) is 42.1 Å². The van der Waals surface area contributed by atoms with E-state index in [1.807, 2.05) is 11.8 Å². The lowest BCUT2D eigenvalue weighted by Gasteiger charge is -2.22. The van der Waals surface area contributed by atoms with Crippen LogP contribution in [-0.2, 0) is 0 Å². The third-order valence-corrected chi connectivity index (χ3v) is 4.03. The third kappa shape index (κ3) is 2.58. The third-order valence-electron chi connectivity index (χ3n) is 3.21. The van der Waals surface area contributed by atoms with Crippen LogP contribution in [0.3, 0.4) is 0 Å². The van der Waals surface area contributed by atoms with Gasteiger partial charge in [0.05, 0.1) is 5.03 Å². The molecule has 1 aromatic heterocycles. The Balaban J connectivity index is 2.08. The van der Waals surface area contributed by atoms with Gasteiger partial charge in [0.1, 0.15) is 0 Å². The molecule has 0 aromatic carbocycles. The lowest BCUT2D eigenvalue weighted by Crippen LogP contribution is -2.22. The summed E-state index contributed by atoms with van der Waals surface area (Å²) in [4.78, 5) is 7.06. The fraction of sp³-hybridized carbons (Fsp3) is 0.615. The minimum Gasteiger partial charge on any atom is -0.297 e. The van der Waals surface area contributed by atoms with E-state index in [-0.39, 0.29) is 0 Å². The van der Waals surface area contributed by atoms with E-state index in [1.54, 1.807) is 0 Å². The maximum atomic E-state index is 4.52. The van der Waals surface area contributed by atoms with Crippen LogP contribution < -0.4 is 0 Å². The largest absolute Gasteiger partial charge is 0.297 e. The molecule has 1 fully saturated rings. The molecule has 3 heteroatoms. The van der Waals surface area contributed by atoms with Crippen molar-refractivity contribution in [3.8, 4) is 0 Å². The van der Waals surface area contributed by atoms with Crippen LogP contribution in [0.2, 0.25) is 0 Å². The summed E-state index contributed by atoms with van der Waals surface area (Å²) in [6, 6.07) is 5.03. The molecule has 2 rings (SSSR count). The van der Waals surface area contributed by atoms with E-state index in [0.717, 1.165) is 17.3 Å². The van der Waals surface area contributed by atoms with Crippen LogP contribution >= 0.6 is 11.8 Å². The SMILES string of the molecule is CCSc1ccc(C2CCCN2CC)cn1. The molecule has 2 heterocycles. The van der Waals surface area contributed by atoms with Gasteiger partial charge in [-0.25, -0.2) is 4.98 Å². The first-order valence-corrected chi connectivity index (χ1v) is 7.16. The Morgan fingerprint density at radius 2 is 2.31 bits per heavy atom. The van der Waals surface area contributed by atoms with Gasteiger partial charge in [-0.3, -0.25) is 4.90 Å². The van der Waals surface area contributed by atoms with Crippen molar-refractivity contribution in [1.29, 1.82) is 0 Å². The average molecular weight is 236 g/mol. The number of thioether (sulfide) groups is 1. The molecule has 0 amide bonds. The molecule has 1 aliphatic heterocycles. The molecule has 1 unspecified atom stereocenters. The summed E-state index contributed by atoms with van der Waals surface area (Å²) in [6.07, 6.45) is 4.68. The van der Waals surface area contributed by atoms with Crippen LogP contribution in [0.4, 0.5) is 0 Å². The van der Waals surface area contributed by atoms with E-state index in [9.17, 15) is 0 Å². The number of hydrogen-bond donors (Lipinski definition) is 0. The van der Waals surface area contributed by atoms with Gasteiger partial charge in [-0.2, -0.15) is 0 Å². The van der Waals surface area contributed by atoms with Crippen molar-refractivity contribution in [2.45, 2.75) is 37.8 Å². The van der Waals surface area contributed by atoms with E-state index in [4.69, 9.17) is 0 Å². The molecule has 2 nitrogen and oxygen atoms in total. The Morgan fingerprint density at radius 1 is 1.44 bits per heavy atom. The van der Waals surface area contributed by atoms with Gasteiger partial charge in [-0.05, 0) is 43.3 Å². The quantitative estimate of drug-likeness (QED) is 0.746. The van der Waals surface area contributed by atoms with Gasteiger partial charge < -0.3 is 0 Å². The number of nitrogens with zero attached hydrogens (tertiary/aromatic N) is 2. The van der Waals surface area contributed by atoms with Crippen molar-refractivity contribution in [2.75, 3.05) is 18.8 Å². The van der Waals surface area contributed by atoms with Gasteiger partial charge in [-0.15, -0.1) is 11.8 Å². The highest BCUT2D eigenvalue weighted by atomic mass is 32.2. The molecular weight excluding hydrogens is 216 g/mol. The van der Waals surface area contributed by atoms with Crippen LogP contribution in [0, 0.1) is 0 Å². The van der Waals surface area contributed by atoms with Crippen LogP contribution in [-0.4, -0.2) is 28.7 Å². The molecule has 1 saturated heterocycles. The minimum absolute atomic E-state index is 0.609. The number of hydrogen-bond acceptors (Lipinski definition) is 3. The molecule has 0 spiro atoms. The monoisotopic (exact) mass is 236 g/mol. The Hall–Kier alpha value is -0.540. The zero-order chi connectivity index (χ0) is 11.4. The standard InChI is InChI=1S/C13H20N2S/c1-3-15-9-5-6-12(15)11-7-8-13(14-10-11)16-4-2/h7-8,10,12H,3-6,9H2,1-2H3. The molecule has 88 valence electrons. The van der Waals surface area contributed by atoms with E-state index in [1.165, 1.54) is 24.9 Å². The van der Waals surface area contributed by atoms with Crippen molar-refractivity contribution < 1.29 is 0 Å². The number of rotatable bonds is 4. The summed E-state index contributed by atoms with van der Waals surface area (Å²) in [5.41, 5.74) is 1.39. The zero-order valence-corrected chi connectivity index (χ0v) is 11.0. The lowest BCUT2D eigenvalue weighted by atomic mass is 10.1. The van der Waals surface area contributed by atoms with Crippen LogP contribution in [0.5, 0.6) is 0 Å². The molecular formula is C13H20N2S. The van der Waals surface area contributed by atoms with Crippen molar-refractivity contribution in [2.24, 2.45) is 0 Å². The maximum absolute atomic E-state index is 4.52. The first-order valence-electron chi connectivity index (χ1n) is 6.18. The molecule has 0 saturated carbocycles. The highest BCUT2D eigenvalue weighted by molar-refractivity contribution is 7.99. The van der Waals surface area contributed by atoms with Crippen molar-refractivity contribution >= 4 is 11.8 Å². The second-order valence-corrected chi connectivity index (χ2v) is 5.43. The predicted octanol–water partition coefficient (Wildman–Crippen LogP) is 3.35. The minimum atomic E-state index is 0.609. The average Bonchev–Trinajstić information content (AvgIpc) is 2.78. The maximum Gasteiger partial charge on any atom is 0.0959 e. The molecule has 0 aliphatic carbocycles. The summed E-state index contributed by atoms with van der Waals surface area (Å²) in [5.74, 6) is 1.09. The van der Waals surface area contributed by atoms with Gasteiger partial charge in [0.25, 0.3) is 0 Å². The van der Waals surface area contributed by atoms with Gasteiger partial charge in [0, 0.05) is 12.2 Å². The fourth-order valence-corrected chi connectivity index (χ4v) is 2.99. The summed E-state index contributed by atoms with van der Waals surface area (Å²) < 4.78 is 0. The number of aromatic nitrogens is 1. The normalized spacial score (nSPS) is 21.5. The van der Waals surface area contributed by atoms with Gasteiger partial charge in [0.2, 0.25) is 0 Å². The summed E-state index contributed by atoms with van der Waals surface area (Å²) in [6.45, 7) is 6.80. The number of likely N-dealkylation sites (tertiary alicyclic amines) is 1. The molecule has 1 atom stereocenters. The van der Waals surface area contributed by atoms with Crippen LogP contribution in [0.15, 0.2) is 23.4 Å². The first-order chi connectivity index (χ1) is 7.85. The molecule has 1 aromatic rings. The predicted molar refractivity (Wildman–Crippen MR) is 69.9 cm³/mol. The first kappa shape index (κ1) is 11.9. The Kier molecular flexibility index (Phi) is 4.24. The van der Waals surface area contributed by atoms with Crippen LogP contribution in [0.1, 0.15) is 38.3 Å². The summed E-state index contributed by atoms with van der Waals surface area (Å²) >= 11 is 1.81. The topological polar surface area (TPSA) is 16.1 Å². The van der Waals surface area contributed by atoms with E-state index in [0.29, 0.717) is 6.04 Å². The summed E-state index contributed by atoms with van der Waals surface area (Å²) in [7, 11) is 0. The van der Waals surface area contributed by atoms with Crippen LogP contribution in [0.25, 0.3) is 0 Å². The molecule has 0 radical (unpaired) electrons. The highest BCUT2D eigenvalue weighted by Gasteiger charge is 2.24. The van der Waals surface area contributed by atoms with Gasteiger partial charge >= 0.3 is 0 Å². The highest BCUT2D eigenvalue weighted by Crippen LogP contribution is 2.31. The zero-order valence-electron chi connectivity index (χ0n) is 10.1. The molecule has 0 N–H and O–H groups in total. The second-order valence-electron chi connectivity index (χ2n) is 4.15. The van der Waals surface area contributed by atoms with Crippen molar-refractivity contribution in [3.05, 3.63) is 23.9 Å². The number of pyridine rings is 1. The Bertz CT molecular complexity index is 323. The molecule has 0 bridgehead atoms. The Labute approximate surface area is 102 Å². The van der Waals surface area contributed by atoms with Gasteiger partial charge in [-0.1, -0.05) is 19.9 Å². The van der Waals surface area contributed by atoms with E-state index < -0.39 is 0 Å².